The Morgan fingerprint density at radius 1 is 1.10 bits per heavy atom. The van der Waals surface area contributed by atoms with E-state index in [1.54, 1.807) is 29.2 Å². The van der Waals surface area contributed by atoms with Crippen molar-refractivity contribution >= 4 is 34.2 Å². The number of rotatable bonds is 5. The van der Waals surface area contributed by atoms with Crippen LogP contribution in [0.4, 0.5) is 11.4 Å². The lowest BCUT2D eigenvalue weighted by Crippen LogP contribution is -2.54. The average molecular weight is 406 g/mol. The molecule has 4 rings (SSSR count). The Kier molecular flexibility index (Phi) is 5.03. The maximum absolute atomic E-state index is 12.8. The molecule has 0 atom stereocenters. The van der Waals surface area contributed by atoms with Crippen molar-refractivity contribution in [3.63, 3.8) is 0 Å². The van der Waals surface area contributed by atoms with E-state index in [4.69, 9.17) is 9.15 Å². The third-order valence-electron chi connectivity index (χ3n) is 5.04. The molecule has 0 unspecified atom stereocenters. The van der Waals surface area contributed by atoms with Crippen molar-refractivity contribution in [1.82, 2.24) is 0 Å². The van der Waals surface area contributed by atoms with Gasteiger partial charge in [-0.1, -0.05) is 30.3 Å². The number of hydrogen-bond donors (Lipinski definition) is 1. The van der Waals surface area contributed by atoms with Gasteiger partial charge in [0.15, 0.2) is 0 Å². The predicted octanol–water partition coefficient (Wildman–Crippen LogP) is 3.58. The molecule has 1 amide bonds. The van der Waals surface area contributed by atoms with Gasteiger partial charge in [0, 0.05) is 11.9 Å². The van der Waals surface area contributed by atoms with E-state index in [-0.39, 0.29) is 18.1 Å². The lowest BCUT2D eigenvalue weighted by molar-refractivity contribution is -0.122. The Morgan fingerprint density at radius 3 is 2.67 bits per heavy atom. The highest BCUT2D eigenvalue weighted by Crippen LogP contribution is 2.34. The van der Waals surface area contributed by atoms with Crippen LogP contribution in [-0.4, -0.2) is 30.6 Å². The lowest BCUT2D eigenvalue weighted by atomic mass is 9.98. The second-order valence-electron chi connectivity index (χ2n) is 7.70. The molecule has 1 aliphatic heterocycles. The summed E-state index contributed by atoms with van der Waals surface area (Å²) >= 11 is 0. The monoisotopic (exact) mass is 406 g/mol. The number of benzene rings is 2. The maximum atomic E-state index is 12.8. The summed E-state index contributed by atoms with van der Waals surface area (Å²) in [5.41, 5.74) is 0.494. The molecule has 3 aromatic rings. The minimum Gasteiger partial charge on any atom is -0.462 e. The zero-order chi connectivity index (χ0) is 21.3. The Labute approximate surface area is 173 Å². The van der Waals surface area contributed by atoms with E-state index >= 15 is 0 Å². The van der Waals surface area contributed by atoms with Crippen LogP contribution in [0.25, 0.3) is 11.0 Å². The van der Waals surface area contributed by atoms with Gasteiger partial charge in [-0.25, -0.2) is 9.59 Å². The van der Waals surface area contributed by atoms with Gasteiger partial charge in [-0.2, -0.15) is 0 Å². The SMILES string of the molecule is CC1(C)Nc2ccccc2N(CCCOC(=O)c2cc3ccccc3oc2=O)C1=O. The molecular weight excluding hydrogens is 384 g/mol. The van der Waals surface area contributed by atoms with Crippen molar-refractivity contribution in [3.8, 4) is 0 Å². The highest BCUT2D eigenvalue weighted by atomic mass is 16.5. The molecule has 7 heteroatoms. The van der Waals surface area contributed by atoms with Crippen LogP contribution in [0.1, 0.15) is 30.6 Å². The molecule has 0 spiro atoms. The van der Waals surface area contributed by atoms with Gasteiger partial charge < -0.3 is 19.4 Å². The van der Waals surface area contributed by atoms with E-state index in [1.807, 2.05) is 38.1 Å². The normalized spacial score (nSPS) is 14.9. The lowest BCUT2D eigenvalue weighted by Gasteiger charge is -2.39. The van der Waals surface area contributed by atoms with E-state index in [9.17, 15) is 14.4 Å². The van der Waals surface area contributed by atoms with Gasteiger partial charge in [-0.05, 0) is 44.5 Å². The fourth-order valence-electron chi connectivity index (χ4n) is 3.54. The quantitative estimate of drug-likeness (QED) is 0.396. The van der Waals surface area contributed by atoms with E-state index in [0.717, 1.165) is 11.4 Å². The smallest absolute Gasteiger partial charge is 0.351 e. The Morgan fingerprint density at radius 2 is 1.83 bits per heavy atom. The van der Waals surface area contributed by atoms with Crippen molar-refractivity contribution < 1.29 is 18.7 Å². The van der Waals surface area contributed by atoms with Gasteiger partial charge in [0.25, 0.3) is 5.91 Å². The Hall–Kier alpha value is -3.61. The second-order valence-corrected chi connectivity index (χ2v) is 7.70. The number of carbonyl (C=O) groups is 2. The fraction of sp³-hybridized carbons (Fsp3) is 0.261. The molecule has 0 radical (unpaired) electrons. The van der Waals surface area contributed by atoms with Crippen LogP contribution in [-0.2, 0) is 9.53 Å². The van der Waals surface area contributed by atoms with Crippen LogP contribution >= 0.6 is 0 Å². The van der Waals surface area contributed by atoms with Crippen LogP contribution in [0.2, 0.25) is 0 Å². The predicted molar refractivity (Wildman–Crippen MR) is 114 cm³/mol. The zero-order valence-corrected chi connectivity index (χ0v) is 16.8. The first-order chi connectivity index (χ1) is 14.4. The summed E-state index contributed by atoms with van der Waals surface area (Å²) in [6.45, 7) is 4.13. The number of nitrogens with one attached hydrogen (secondary N) is 1. The van der Waals surface area contributed by atoms with Crippen molar-refractivity contribution in [2.24, 2.45) is 0 Å². The van der Waals surface area contributed by atoms with Gasteiger partial charge in [0.05, 0.1) is 18.0 Å². The summed E-state index contributed by atoms with van der Waals surface area (Å²) in [6.07, 6.45) is 0.431. The highest BCUT2D eigenvalue weighted by Gasteiger charge is 2.38. The maximum Gasteiger partial charge on any atom is 0.351 e. The number of carbonyl (C=O) groups excluding carboxylic acids is 2. The average Bonchev–Trinajstić information content (AvgIpc) is 2.72. The van der Waals surface area contributed by atoms with Crippen LogP contribution in [0, 0.1) is 0 Å². The Bertz CT molecular complexity index is 1180. The number of anilines is 2. The summed E-state index contributed by atoms with van der Waals surface area (Å²) in [4.78, 5) is 39.0. The fourth-order valence-corrected chi connectivity index (χ4v) is 3.54. The number of ether oxygens (including phenoxy) is 1. The van der Waals surface area contributed by atoms with Crippen LogP contribution < -0.4 is 15.8 Å². The Balaban J connectivity index is 1.42. The topological polar surface area (TPSA) is 88.8 Å². The molecule has 154 valence electrons. The van der Waals surface area contributed by atoms with Crippen molar-refractivity contribution in [3.05, 3.63) is 70.6 Å². The molecule has 1 N–H and O–H groups in total. The van der Waals surface area contributed by atoms with Gasteiger partial charge in [0.1, 0.15) is 16.7 Å². The molecular formula is C23H22N2O5. The third-order valence-corrected chi connectivity index (χ3v) is 5.04. The van der Waals surface area contributed by atoms with Gasteiger partial charge in [0.2, 0.25) is 0 Å². The molecule has 0 aliphatic carbocycles. The standard InChI is InChI=1S/C23H22N2O5/c1-23(2)22(28)25(18-10-5-4-9-17(18)24-23)12-7-13-29-20(26)16-14-15-8-3-6-11-19(15)30-21(16)27/h3-6,8-11,14,24H,7,12-13H2,1-2H3. The highest BCUT2D eigenvalue weighted by molar-refractivity contribution is 6.07. The molecule has 1 aromatic heterocycles. The van der Waals surface area contributed by atoms with E-state index < -0.39 is 17.1 Å². The summed E-state index contributed by atoms with van der Waals surface area (Å²) in [6, 6.07) is 16.0. The van der Waals surface area contributed by atoms with Gasteiger partial charge in [-0.3, -0.25) is 4.79 Å². The van der Waals surface area contributed by atoms with Crippen LogP contribution in [0.5, 0.6) is 0 Å². The van der Waals surface area contributed by atoms with Crippen LogP contribution in [0.3, 0.4) is 0 Å². The number of para-hydroxylation sites is 3. The minimum atomic E-state index is -0.734. The number of amides is 1. The zero-order valence-electron chi connectivity index (χ0n) is 16.8. The summed E-state index contributed by atoms with van der Waals surface area (Å²) in [5.74, 6) is -0.787. The molecule has 30 heavy (non-hydrogen) atoms. The molecule has 7 nitrogen and oxygen atoms in total. The molecule has 1 aliphatic rings. The first-order valence-electron chi connectivity index (χ1n) is 9.76. The first-order valence-corrected chi connectivity index (χ1v) is 9.76. The molecule has 2 heterocycles. The molecule has 0 bridgehead atoms. The van der Waals surface area contributed by atoms with Crippen LogP contribution in [0.15, 0.2) is 63.8 Å². The summed E-state index contributed by atoms with van der Waals surface area (Å²) in [5, 5.41) is 3.89. The third kappa shape index (κ3) is 3.66. The van der Waals surface area contributed by atoms with E-state index in [0.29, 0.717) is 23.9 Å². The number of hydrogen-bond acceptors (Lipinski definition) is 6. The van der Waals surface area contributed by atoms with E-state index in [1.165, 1.54) is 6.07 Å². The first kappa shape index (κ1) is 19.7. The van der Waals surface area contributed by atoms with Gasteiger partial charge in [-0.15, -0.1) is 0 Å². The second kappa shape index (κ2) is 7.67. The summed E-state index contributed by atoms with van der Waals surface area (Å²) in [7, 11) is 0. The summed E-state index contributed by atoms with van der Waals surface area (Å²) < 4.78 is 10.4. The minimum absolute atomic E-state index is 0.0531. The van der Waals surface area contributed by atoms with Crippen molar-refractivity contribution in [2.75, 3.05) is 23.4 Å². The molecule has 0 saturated heterocycles. The van der Waals surface area contributed by atoms with Crippen molar-refractivity contribution in [2.45, 2.75) is 25.8 Å². The largest absolute Gasteiger partial charge is 0.462 e. The van der Waals surface area contributed by atoms with E-state index in [2.05, 4.69) is 5.32 Å². The molecule has 0 saturated carbocycles. The number of fused-ring (bicyclic) bond motifs is 2. The number of nitrogens with zero attached hydrogens (tertiary/aromatic N) is 1. The molecule has 2 aromatic carbocycles. The van der Waals surface area contributed by atoms with Crippen molar-refractivity contribution in [1.29, 1.82) is 0 Å². The molecule has 0 fully saturated rings. The van der Waals surface area contributed by atoms with Gasteiger partial charge >= 0.3 is 11.6 Å². The number of esters is 1.